The predicted octanol–water partition coefficient (Wildman–Crippen LogP) is 4.95. The van der Waals surface area contributed by atoms with Gasteiger partial charge in [-0.05, 0) is 54.0 Å². The molecule has 0 saturated heterocycles. The number of hydrogen-bond acceptors (Lipinski definition) is 1. The molecule has 0 fully saturated rings. The van der Waals surface area contributed by atoms with Gasteiger partial charge in [-0.2, -0.15) is 0 Å². The van der Waals surface area contributed by atoms with E-state index in [1.807, 2.05) is 0 Å². The van der Waals surface area contributed by atoms with E-state index in [2.05, 4.69) is 29.6 Å². The maximum atomic E-state index is 5.97. The lowest BCUT2D eigenvalue weighted by atomic mass is 9.89. The van der Waals surface area contributed by atoms with Crippen LogP contribution in [0.2, 0.25) is 4.34 Å². The maximum Gasteiger partial charge on any atom is 0.0934 e. The van der Waals surface area contributed by atoms with Gasteiger partial charge in [0.1, 0.15) is 0 Å². The number of hydrogen-bond donors (Lipinski definition) is 0. The zero-order valence-electron chi connectivity index (χ0n) is 9.00. The van der Waals surface area contributed by atoms with Gasteiger partial charge >= 0.3 is 0 Å². The Kier molecular flexibility index (Phi) is 2.74. The summed E-state index contributed by atoms with van der Waals surface area (Å²) in [7, 11) is 0. The quantitative estimate of drug-likeness (QED) is 0.670. The number of aryl methyl sites for hydroxylation is 2. The van der Waals surface area contributed by atoms with Crippen LogP contribution >= 0.6 is 22.9 Å². The molecule has 0 aliphatic heterocycles. The highest BCUT2D eigenvalue weighted by Crippen LogP contribution is 2.31. The Balaban J connectivity index is 2.02. The van der Waals surface area contributed by atoms with Crippen LogP contribution in [0.3, 0.4) is 0 Å². The topological polar surface area (TPSA) is 0 Å². The van der Waals surface area contributed by atoms with E-state index in [4.69, 9.17) is 11.6 Å². The molecule has 1 aliphatic carbocycles. The monoisotopic (exact) mass is 248 g/mol. The normalized spacial score (nSPS) is 14.8. The highest BCUT2D eigenvalue weighted by atomic mass is 35.5. The summed E-state index contributed by atoms with van der Waals surface area (Å²) in [5.41, 5.74) is 5.63. The number of thiophene rings is 1. The number of rotatable bonds is 1. The fraction of sp³-hybridized carbons (Fsp3) is 0.286. The summed E-state index contributed by atoms with van der Waals surface area (Å²) >= 11 is 7.57. The third kappa shape index (κ3) is 1.90. The Bertz CT molecular complexity index is 513. The average Bonchev–Trinajstić information content (AvgIpc) is 2.75. The van der Waals surface area contributed by atoms with Crippen molar-refractivity contribution in [3.63, 3.8) is 0 Å². The van der Waals surface area contributed by atoms with Crippen LogP contribution in [0.15, 0.2) is 29.6 Å². The minimum absolute atomic E-state index is 0.868. The molecule has 1 aromatic carbocycles. The molecule has 0 amide bonds. The van der Waals surface area contributed by atoms with Gasteiger partial charge in [-0.3, -0.25) is 0 Å². The molecule has 0 saturated carbocycles. The molecule has 0 unspecified atom stereocenters. The van der Waals surface area contributed by atoms with Crippen LogP contribution in [0.1, 0.15) is 24.0 Å². The lowest BCUT2D eigenvalue weighted by Gasteiger charge is -2.16. The van der Waals surface area contributed by atoms with Crippen LogP contribution in [-0.2, 0) is 12.8 Å². The summed E-state index contributed by atoms with van der Waals surface area (Å²) in [6.07, 6.45) is 5.17. The van der Waals surface area contributed by atoms with E-state index in [0.29, 0.717) is 0 Å². The molecule has 1 heterocycles. The van der Waals surface area contributed by atoms with E-state index in [0.717, 1.165) is 4.34 Å². The third-order valence-corrected chi connectivity index (χ3v) is 4.34. The zero-order valence-corrected chi connectivity index (χ0v) is 10.6. The predicted molar refractivity (Wildman–Crippen MR) is 71.4 cm³/mol. The van der Waals surface area contributed by atoms with Gasteiger partial charge in [0.25, 0.3) is 0 Å². The van der Waals surface area contributed by atoms with Crippen molar-refractivity contribution < 1.29 is 0 Å². The maximum absolute atomic E-state index is 5.97. The average molecular weight is 249 g/mol. The summed E-state index contributed by atoms with van der Waals surface area (Å²) in [6, 6.07) is 8.90. The first-order chi connectivity index (χ1) is 7.83. The van der Waals surface area contributed by atoms with Crippen molar-refractivity contribution in [1.82, 2.24) is 0 Å². The van der Waals surface area contributed by atoms with Gasteiger partial charge in [-0.1, -0.05) is 29.8 Å². The minimum Gasteiger partial charge on any atom is -0.131 e. The van der Waals surface area contributed by atoms with Gasteiger partial charge in [0.15, 0.2) is 0 Å². The van der Waals surface area contributed by atoms with E-state index < -0.39 is 0 Å². The van der Waals surface area contributed by atoms with Crippen LogP contribution in [0.4, 0.5) is 0 Å². The Morgan fingerprint density at radius 1 is 0.938 bits per heavy atom. The second-order valence-corrected chi connectivity index (χ2v) is 5.87. The smallest absolute Gasteiger partial charge is 0.0934 e. The van der Waals surface area contributed by atoms with Crippen LogP contribution in [0, 0.1) is 0 Å². The number of benzene rings is 1. The fourth-order valence-corrected chi connectivity index (χ4v) is 3.26. The van der Waals surface area contributed by atoms with E-state index >= 15 is 0 Å². The summed E-state index contributed by atoms with van der Waals surface area (Å²) in [4.78, 5) is 0. The number of fused-ring (bicyclic) bond motifs is 1. The standard InChI is InChI=1S/C14H13ClS/c15-14-8-13(9-16-14)12-6-5-10-3-1-2-4-11(10)7-12/h5-9H,1-4H2. The van der Waals surface area contributed by atoms with E-state index in [1.54, 1.807) is 11.3 Å². The van der Waals surface area contributed by atoms with Crippen LogP contribution in [0.25, 0.3) is 11.1 Å². The fourth-order valence-electron chi connectivity index (χ4n) is 2.37. The van der Waals surface area contributed by atoms with Crippen molar-refractivity contribution in [3.8, 4) is 11.1 Å². The van der Waals surface area contributed by atoms with Gasteiger partial charge in [-0.25, -0.2) is 0 Å². The van der Waals surface area contributed by atoms with E-state index in [1.165, 1.54) is 47.9 Å². The molecule has 0 radical (unpaired) electrons. The molecule has 82 valence electrons. The second kappa shape index (κ2) is 4.23. The molecule has 0 bridgehead atoms. The van der Waals surface area contributed by atoms with Gasteiger partial charge < -0.3 is 0 Å². The molecular formula is C14H13ClS. The van der Waals surface area contributed by atoms with Crippen LogP contribution < -0.4 is 0 Å². The van der Waals surface area contributed by atoms with E-state index in [9.17, 15) is 0 Å². The molecule has 0 atom stereocenters. The Hall–Kier alpha value is -0.790. The Morgan fingerprint density at radius 3 is 2.50 bits per heavy atom. The Labute approximate surface area is 105 Å². The highest BCUT2D eigenvalue weighted by molar-refractivity contribution is 7.14. The van der Waals surface area contributed by atoms with Crippen molar-refractivity contribution in [1.29, 1.82) is 0 Å². The first-order valence-corrected chi connectivity index (χ1v) is 6.95. The molecule has 3 rings (SSSR count). The Morgan fingerprint density at radius 2 is 1.75 bits per heavy atom. The largest absolute Gasteiger partial charge is 0.131 e. The summed E-state index contributed by atoms with van der Waals surface area (Å²) in [5, 5.41) is 2.13. The molecule has 0 N–H and O–H groups in total. The van der Waals surface area contributed by atoms with Crippen molar-refractivity contribution in [3.05, 3.63) is 45.1 Å². The van der Waals surface area contributed by atoms with Gasteiger partial charge in [0.2, 0.25) is 0 Å². The van der Waals surface area contributed by atoms with E-state index in [-0.39, 0.29) is 0 Å². The van der Waals surface area contributed by atoms with Gasteiger partial charge in [0.05, 0.1) is 4.34 Å². The number of halogens is 1. The summed E-state index contributed by atoms with van der Waals surface area (Å²) < 4.78 is 0.868. The van der Waals surface area contributed by atoms with Crippen molar-refractivity contribution in [2.45, 2.75) is 25.7 Å². The highest BCUT2D eigenvalue weighted by Gasteiger charge is 2.10. The van der Waals surface area contributed by atoms with Crippen molar-refractivity contribution in [2.75, 3.05) is 0 Å². The SMILES string of the molecule is Clc1cc(-c2ccc3c(c2)CCCC3)cs1. The summed E-state index contributed by atoms with van der Waals surface area (Å²) in [5.74, 6) is 0. The molecule has 0 spiro atoms. The van der Waals surface area contributed by atoms with Crippen LogP contribution in [0.5, 0.6) is 0 Å². The zero-order chi connectivity index (χ0) is 11.0. The lowest BCUT2D eigenvalue weighted by Crippen LogP contribution is -2.01. The van der Waals surface area contributed by atoms with Gasteiger partial charge in [-0.15, -0.1) is 11.3 Å². The first kappa shape index (κ1) is 10.4. The molecule has 16 heavy (non-hydrogen) atoms. The van der Waals surface area contributed by atoms with Gasteiger partial charge in [0, 0.05) is 5.38 Å². The third-order valence-electron chi connectivity index (χ3n) is 3.25. The van der Waals surface area contributed by atoms with Crippen molar-refractivity contribution >= 4 is 22.9 Å². The molecule has 1 aromatic heterocycles. The molecule has 1 aliphatic rings. The minimum atomic E-state index is 0.868. The molecule has 2 aromatic rings. The molecule has 2 heteroatoms. The molecule has 0 nitrogen and oxygen atoms in total. The summed E-state index contributed by atoms with van der Waals surface area (Å²) in [6.45, 7) is 0. The molecular weight excluding hydrogens is 236 g/mol. The van der Waals surface area contributed by atoms with Crippen LogP contribution in [-0.4, -0.2) is 0 Å². The lowest BCUT2D eigenvalue weighted by molar-refractivity contribution is 0.686. The first-order valence-electron chi connectivity index (χ1n) is 5.69. The van der Waals surface area contributed by atoms with Crippen molar-refractivity contribution in [2.24, 2.45) is 0 Å². The second-order valence-electron chi connectivity index (χ2n) is 4.33.